The third-order valence-electron chi connectivity index (χ3n) is 2.99. The lowest BCUT2D eigenvalue weighted by atomic mass is 10.1. The first-order valence-corrected chi connectivity index (χ1v) is 7.03. The number of carbonyl (C=O) groups excluding carboxylic acids is 1. The first-order valence-electron chi connectivity index (χ1n) is 6.62. The van der Waals surface area contributed by atoms with Gasteiger partial charge >= 0.3 is 5.97 Å². The summed E-state index contributed by atoms with van der Waals surface area (Å²) >= 11 is 5.03. The van der Waals surface area contributed by atoms with Crippen LogP contribution in [0.2, 0.25) is 0 Å². The molecule has 2 aromatic rings. The number of aromatic hydroxyl groups is 1. The number of aryl methyl sites for hydroxylation is 1. The van der Waals surface area contributed by atoms with Crippen LogP contribution >= 0.6 is 12.2 Å². The fraction of sp³-hybridized carbons (Fsp3) is 0.0625. The van der Waals surface area contributed by atoms with E-state index >= 15 is 0 Å². The summed E-state index contributed by atoms with van der Waals surface area (Å²) in [6.07, 6.45) is 0. The fourth-order valence-corrected chi connectivity index (χ4v) is 2.12. The Morgan fingerprint density at radius 3 is 2.48 bits per heavy atom. The van der Waals surface area contributed by atoms with Crippen molar-refractivity contribution in [3.63, 3.8) is 0 Å². The zero-order valence-electron chi connectivity index (χ0n) is 12.2. The number of rotatable bonds is 3. The van der Waals surface area contributed by atoms with E-state index in [-0.39, 0.29) is 16.6 Å². The zero-order valence-corrected chi connectivity index (χ0v) is 13.0. The van der Waals surface area contributed by atoms with Gasteiger partial charge in [-0.15, -0.1) is 0 Å². The highest BCUT2D eigenvalue weighted by Gasteiger charge is 2.11. The molecular weight excluding hydrogens is 316 g/mol. The van der Waals surface area contributed by atoms with Crippen LogP contribution in [0.15, 0.2) is 42.5 Å². The van der Waals surface area contributed by atoms with Crippen molar-refractivity contribution in [3.05, 3.63) is 59.2 Å². The number of thiocarbonyl (C=S) groups is 1. The first-order chi connectivity index (χ1) is 10.9. The maximum absolute atomic E-state index is 12.0. The van der Waals surface area contributed by atoms with Crippen molar-refractivity contribution in [1.29, 1.82) is 0 Å². The molecule has 0 bridgehead atoms. The summed E-state index contributed by atoms with van der Waals surface area (Å²) < 4.78 is 0. The van der Waals surface area contributed by atoms with Gasteiger partial charge < -0.3 is 15.5 Å². The van der Waals surface area contributed by atoms with E-state index in [0.29, 0.717) is 11.3 Å². The number of carboxylic acid groups (broad SMARTS) is 1. The topological polar surface area (TPSA) is 98.7 Å². The molecule has 0 aromatic heterocycles. The number of nitrogens with one attached hydrogen (secondary N) is 2. The predicted molar refractivity (Wildman–Crippen MR) is 89.9 cm³/mol. The molecule has 4 N–H and O–H groups in total. The lowest BCUT2D eigenvalue weighted by molar-refractivity contribution is 0.0693. The molecule has 0 aliphatic heterocycles. The maximum atomic E-state index is 12.0. The van der Waals surface area contributed by atoms with E-state index < -0.39 is 11.7 Å². The van der Waals surface area contributed by atoms with Gasteiger partial charge in [-0.2, -0.15) is 0 Å². The van der Waals surface area contributed by atoms with E-state index in [9.17, 15) is 14.7 Å². The number of amides is 1. The van der Waals surface area contributed by atoms with Crippen LogP contribution in [0.4, 0.5) is 5.69 Å². The second-order valence-electron chi connectivity index (χ2n) is 4.81. The van der Waals surface area contributed by atoms with Crippen LogP contribution in [0.3, 0.4) is 0 Å². The largest absolute Gasteiger partial charge is 0.507 e. The standard InChI is InChI=1S/C16H14N2O4S/c1-9-3-2-4-10(7-9)14(20)18-16(23)17-11-5-6-12(15(21)22)13(19)8-11/h2-8,19H,1H3,(H,21,22)(H2,17,18,20,23). The molecule has 6 nitrogen and oxygen atoms in total. The molecule has 118 valence electrons. The smallest absolute Gasteiger partial charge is 0.339 e. The molecule has 2 rings (SSSR count). The second-order valence-corrected chi connectivity index (χ2v) is 5.22. The van der Waals surface area contributed by atoms with Crippen molar-refractivity contribution in [1.82, 2.24) is 5.32 Å². The van der Waals surface area contributed by atoms with Gasteiger partial charge in [0.15, 0.2) is 5.11 Å². The maximum Gasteiger partial charge on any atom is 0.339 e. The number of anilines is 1. The molecule has 0 heterocycles. The highest BCUT2D eigenvalue weighted by Crippen LogP contribution is 2.21. The van der Waals surface area contributed by atoms with Gasteiger partial charge in [-0.05, 0) is 43.4 Å². The number of phenols is 1. The van der Waals surface area contributed by atoms with Gasteiger partial charge in [0.05, 0.1) is 0 Å². The van der Waals surface area contributed by atoms with Crippen molar-refractivity contribution >= 4 is 34.9 Å². The van der Waals surface area contributed by atoms with Gasteiger partial charge in [0.1, 0.15) is 11.3 Å². The van der Waals surface area contributed by atoms with Gasteiger partial charge in [0.2, 0.25) is 0 Å². The average Bonchev–Trinajstić information content (AvgIpc) is 2.46. The third kappa shape index (κ3) is 4.27. The number of hydrogen-bond donors (Lipinski definition) is 4. The van der Waals surface area contributed by atoms with Crippen LogP contribution in [-0.2, 0) is 0 Å². The van der Waals surface area contributed by atoms with Crippen LogP contribution < -0.4 is 10.6 Å². The summed E-state index contributed by atoms with van der Waals surface area (Å²) in [5, 5.41) is 23.7. The van der Waals surface area contributed by atoms with Crippen LogP contribution in [-0.4, -0.2) is 27.2 Å². The summed E-state index contributed by atoms with van der Waals surface area (Å²) in [6, 6.07) is 10.9. The summed E-state index contributed by atoms with van der Waals surface area (Å²) in [6.45, 7) is 1.88. The minimum Gasteiger partial charge on any atom is -0.507 e. The van der Waals surface area contributed by atoms with Gasteiger partial charge in [-0.3, -0.25) is 10.1 Å². The Balaban J connectivity index is 2.03. The van der Waals surface area contributed by atoms with Crippen molar-refractivity contribution in [2.45, 2.75) is 6.92 Å². The molecule has 0 atom stereocenters. The Kier molecular flexibility index (Phi) is 4.92. The molecule has 0 aliphatic carbocycles. The lowest BCUT2D eigenvalue weighted by Crippen LogP contribution is -2.34. The van der Waals surface area contributed by atoms with E-state index in [4.69, 9.17) is 17.3 Å². The zero-order chi connectivity index (χ0) is 17.0. The normalized spacial score (nSPS) is 9.96. The number of hydrogen-bond acceptors (Lipinski definition) is 4. The van der Waals surface area contributed by atoms with Crippen LogP contribution in [0, 0.1) is 6.92 Å². The summed E-state index contributed by atoms with van der Waals surface area (Å²) in [5.74, 6) is -1.99. The Morgan fingerprint density at radius 2 is 1.87 bits per heavy atom. The minimum atomic E-state index is -1.23. The van der Waals surface area contributed by atoms with Crippen molar-refractivity contribution in [2.24, 2.45) is 0 Å². The summed E-state index contributed by atoms with van der Waals surface area (Å²) in [7, 11) is 0. The van der Waals surface area contributed by atoms with Gasteiger partial charge in [-0.25, -0.2) is 4.79 Å². The number of aromatic carboxylic acids is 1. The van der Waals surface area contributed by atoms with Crippen molar-refractivity contribution < 1.29 is 19.8 Å². The molecule has 7 heteroatoms. The molecule has 2 aromatic carbocycles. The van der Waals surface area contributed by atoms with E-state index in [2.05, 4.69) is 10.6 Å². The van der Waals surface area contributed by atoms with Crippen LogP contribution in [0.1, 0.15) is 26.3 Å². The minimum absolute atomic E-state index is 0.0407. The van der Waals surface area contributed by atoms with Crippen LogP contribution in [0.5, 0.6) is 5.75 Å². The Hall–Kier alpha value is -2.93. The molecule has 0 radical (unpaired) electrons. The molecular formula is C16H14N2O4S. The second kappa shape index (κ2) is 6.89. The average molecular weight is 330 g/mol. The van der Waals surface area contributed by atoms with E-state index in [1.165, 1.54) is 18.2 Å². The van der Waals surface area contributed by atoms with Crippen LogP contribution in [0.25, 0.3) is 0 Å². The molecule has 1 amide bonds. The first kappa shape index (κ1) is 16.4. The SMILES string of the molecule is Cc1cccc(C(=O)NC(=S)Nc2ccc(C(=O)O)c(O)c2)c1. The Morgan fingerprint density at radius 1 is 1.13 bits per heavy atom. The predicted octanol–water partition coefficient (Wildman–Crippen LogP) is 2.53. The molecule has 0 aliphatic rings. The number of carboxylic acids is 1. The van der Waals surface area contributed by atoms with Gasteiger partial charge in [-0.1, -0.05) is 17.7 Å². The summed E-state index contributed by atoms with van der Waals surface area (Å²) in [5.41, 5.74) is 1.57. The van der Waals surface area contributed by atoms with Crippen molar-refractivity contribution in [2.75, 3.05) is 5.32 Å². The summed E-state index contributed by atoms with van der Waals surface area (Å²) in [4.78, 5) is 22.9. The highest BCUT2D eigenvalue weighted by molar-refractivity contribution is 7.80. The van der Waals surface area contributed by atoms with E-state index in [0.717, 1.165) is 5.56 Å². The molecule has 0 saturated carbocycles. The van der Waals surface area contributed by atoms with Gasteiger partial charge in [0, 0.05) is 17.3 Å². The molecule has 0 saturated heterocycles. The molecule has 23 heavy (non-hydrogen) atoms. The Labute approximate surface area is 137 Å². The third-order valence-corrected chi connectivity index (χ3v) is 3.20. The highest BCUT2D eigenvalue weighted by atomic mass is 32.1. The quantitative estimate of drug-likeness (QED) is 0.646. The molecule has 0 fully saturated rings. The lowest BCUT2D eigenvalue weighted by Gasteiger charge is -2.10. The number of carbonyl (C=O) groups is 2. The van der Waals surface area contributed by atoms with Gasteiger partial charge in [0.25, 0.3) is 5.91 Å². The Bertz CT molecular complexity index is 789. The molecule has 0 unspecified atom stereocenters. The number of benzene rings is 2. The van der Waals surface area contributed by atoms with E-state index in [1.54, 1.807) is 18.2 Å². The van der Waals surface area contributed by atoms with Crippen molar-refractivity contribution in [3.8, 4) is 5.75 Å². The monoisotopic (exact) mass is 330 g/mol. The molecule has 0 spiro atoms. The fourth-order valence-electron chi connectivity index (χ4n) is 1.91. The van der Waals surface area contributed by atoms with E-state index in [1.807, 2.05) is 13.0 Å².